The SMILES string of the molecule is CCSC1CCC(N2CCC(NC)CC2)C1. The fourth-order valence-electron chi connectivity index (χ4n) is 3.19. The number of likely N-dealkylation sites (tertiary alicyclic amines) is 1. The molecule has 1 N–H and O–H groups in total. The average molecular weight is 242 g/mol. The first kappa shape index (κ1) is 12.7. The molecule has 1 heterocycles. The molecule has 1 saturated carbocycles. The number of thioether (sulfide) groups is 1. The summed E-state index contributed by atoms with van der Waals surface area (Å²) in [5.41, 5.74) is 0. The van der Waals surface area contributed by atoms with Gasteiger partial charge in [-0.25, -0.2) is 0 Å². The van der Waals surface area contributed by atoms with E-state index < -0.39 is 0 Å². The van der Waals surface area contributed by atoms with Crippen LogP contribution in [-0.2, 0) is 0 Å². The molecular weight excluding hydrogens is 216 g/mol. The lowest BCUT2D eigenvalue weighted by atomic mass is 10.0. The minimum atomic E-state index is 0.776. The van der Waals surface area contributed by atoms with E-state index in [9.17, 15) is 0 Å². The minimum Gasteiger partial charge on any atom is -0.317 e. The van der Waals surface area contributed by atoms with Gasteiger partial charge in [-0.15, -0.1) is 0 Å². The van der Waals surface area contributed by atoms with E-state index in [4.69, 9.17) is 0 Å². The Morgan fingerprint density at radius 3 is 2.56 bits per heavy atom. The van der Waals surface area contributed by atoms with Crippen LogP contribution in [-0.4, -0.2) is 48.1 Å². The van der Waals surface area contributed by atoms with Crippen molar-refractivity contribution >= 4 is 11.8 Å². The molecular formula is C13H26N2S. The third kappa shape index (κ3) is 3.14. The van der Waals surface area contributed by atoms with E-state index in [1.54, 1.807) is 0 Å². The van der Waals surface area contributed by atoms with Crippen LogP contribution in [0.5, 0.6) is 0 Å². The maximum Gasteiger partial charge on any atom is 0.0106 e. The Morgan fingerprint density at radius 2 is 1.94 bits per heavy atom. The Morgan fingerprint density at radius 1 is 1.19 bits per heavy atom. The number of rotatable bonds is 4. The van der Waals surface area contributed by atoms with Gasteiger partial charge in [0, 0.05) is 17.3 Å². The number of hydrogen-bond acceptors (Lipinski definition) is 3. The second-order valence-corrected chi connectivity index (χ2v) is 6.72. The second kappa shape index (κ2) is 6.27. The van der Waals surface area contributed by atoms with Crippen molar-refractivity contribution in [3.63, 3.8) is 0 Å². The summed E-state index contributed by atoms with van der Waals surface area (Å²) in [7, 11) is 2.10. The molecule has 2 aliphatic rings. The van der Waals surface area contributed by atoms with E-state index in [-0.39, 0.29) is 0 Å². The first-order chi connectivity index (χ1) is 7.83. The van der Waals surface area contributed by atoms with Crippen LogP contribution in [0.2, 0.25) is 0 Å². The quantitative estimate of drug-likeness (QED) is 0.814. The summed E-state index contributed by atoms with van der Waals surface area (Å²) in [5, 5.41) is 4.37. The summed E-state index contributed by atoms with van der Waals surface area (Å²) in [5.74, 6) is 1.29. The van der Waals surface area contributed by atoms with Crippen LogP contribution in [0.25, 0.3) is 0 Å². The molecule has 2 rings (SSSR count). The van der Waals surface area contributed by atoms with Gasteiger partial charge in [-0.1, -0.05) is 6.92 Å². The lowest BCUT2D eigenvalue weighted by Crippen LogP contribution is -2.45. The van der Waals surface area contributed by atoms with Gasteiger partial charge >= 0.3 is 0 Å². The third-order valence-electron chi connectivity index (χ3n) is 4.21. The van der Waals surface area contributed by atoms with Crippen molar-refractivity contribution in [1.82, 2.24) is 10.2 Å². The number of piperidine rings is 1. The maximum absolute atomic E-state index is 3.41. The van der Waals surface area contributed by atoms with Crippen molar-refractivity contribution in [2.24, 2.45) is 0 Å². The van der Waals surface area contributed by atoms with Gasteiger partial charge in [-0.05, 0) is 58.0 Å². The Hall–Kier alpha value is 0.270. The van der Waals surface area contributed by atoms with Crippen LogP contribution < -0.4 is 5.32 Å². The van der Waals surface area contributed by atoms with Crippen LogP contribution in [0.3, 0.4) is 0 Å². The lowest BCUT2D eigenvalue weighted by Gasteiger charge is -2.36. The lowest BCUT2D eigenvalue weighted by molar-refractivity contribution is 0.148. The van der Waals surface area contributed by atoms with Gasteiger partial charge in [-0.3, -0.25) is 0 Å². The van der Waals surface area contributed by atoms with E-state index in [0.29, 0.717) is 0 Å². The van der Waals surface area contributed by atoms with Crippen LogP contribution in [0.4, 0.5) is 0 Å². The second-order valence-electron chi connectivity index (χ2n) is 5.14. The molecule has 0 radical (unpaired) electrons. The molecule has 0 bridgehead atoms. The van der Waals surface area contributed by atoms with Gasteiger partial charge in [0.25, 0.3) is 0 Å². The fraction of sp³-hybridized carbons (Fsp3) is 1.00. The summed E-state index contributed by atoms with van der Waals surface area (Å²) < 4.78 is 0. The van der Waals surface area contributed by atoms with E-state index in [0.717, 1.165) is 17.3 Å². The molecule has 1 aliphatic heterocycles. The summed E-state index contributed by atoms with van der Waals surface area (Å²) >= 11 is 2.17. The Balaban J connectivity index is 1.73. The molecule has 0 aromatic carbocycles. The Labute approximate surface area is 105 Å². The third-order valence-corrected chi connectivity index (χ3v) is 5.45. The number of hydrogen-bond donors (Lipinski definition) is 1. The Bertz CT molecular complexity index is 202. The van der Waals surface area contributed by atoms with Gasteiger partial charge < -0.3 is 10.2 Å². The molecule has 0 aromatic rings. The molecule has 3 heteroatoms. The zero-order chi connectivity index (χ0) is 11.4. The van der Waals surface area contributed by atoms with Crippen molar-refractivity contribution in [3.05, 3.63) is 0 Å². The average Bonchev–Trinajstić information content (AvgIpc) is 2.78. The number of nitrogens with zero attached hydrogens (tertiary/aromatic N) is 1. The van der Waals surface area contributed by atoms with Gasteiger partial charge in [0.15, 0.2) is 0 Å². The van der Waals surface area contributed by atoms with E-state index in [1.807, 2.05) is 0 Å². The molecule has 2 nitrogen and oxygen atoms in total. The van der Waals surface area contributed by atoms with Crippen molar-refractivity contribution in [2.75, 3.05) is 25.9 Å². The van der Waals surface area contributed by atoms with E-state index >= 15 is 0 Å². The van der Waals surface area contributed by atoms with E-state index in [1.165, 1.54) is 50.9 Å². The normalized spacial score (nSPS) is 33.4. The van der Waals surface area contributed by atoms with Gasteiger partial charge in [-0.2, -0.15) is 11.8 Å². The topological polar surface area (TPSA) is 15.3 Å². The van der Waals surface area contributed by atoms with Crippen LogP contribution in [0.1, 0.15) is 39.0 Å². The largest absolute Gasteiger partial charge is 0.317 e. The van der Waals surface area contributed by atoms with Gasteiger partial charge in [0.05, 0.1) is 0 Å². The first-order valence-corrected chi connectivity index (χ1v) is 7.91. The standard InChI is InChI=1S/C13H26N2S/c1-3-16-13-5-4-12(10-13)15-8-6-11(14-2)7-9-15/h11-14H,3-10H2,1-2H3. The summed E-state index contributed by atoms with van der Waals surface area (Å²) in [6.45, 7) is 4.93. The zero-order valence-electron chi connectivity index (χ0n) is 10.7. The predicted molar refractivity (Wildman–Crippen MR) is 73.2 cm³/mol. The molecule has 94 valence electrons. The smallest absolute Gasteiger partial charge is 0.0106 e. The fourth-order valence-corrected chi connectivity index (χ4v) is 4.32. The molecule has 0 aromatic heterocycles. The minimum absolute atomic E-state index is 0.776. The highest BCUT2D eigenvalue weighted by Gasteiger charge is 2.31. The molecule has 1 aliphatic carbocycles. The van der Waals surface area contributed by atoms with Crippen LogP contribution >= 0.6 is 11.8 Å². The van der Waals surface area contributed by atoms with Crippen LogP contribution in [0, 0.1) is 0 Å². The Kier molecular flexibility index (Phi) is 4.98. The zero-order valence-corrected chi connectivity index (χ0v) is 11.6. The molecule has 1 saturated heterocycles. The summed E-state index contributed by atoms with van der Waals surface area (Å²) in [6.07, 6.45) is 7.04. The van der Waals surface area contributed by atoms with Gasteiger partial charge in [0.1, 0.15) is 0 Å². The molecule has 0 spiro atoms. The van der Waals surface area contributed by atoms with Crippen molar-refractivity contribution in [2.45, 2.75) is 56.4 Å². The highest BCUT2D eigenvalue weighted by molar-refractivity contribution is 7.99. The molecule has 2 unspecified atom stereocenters. The van der Waals surface area contributed by atoms with Crippen molar-refractivity contribution < 1.29 is 0 Å². The van der Waals surface area contributed by atoms with Crippen molar-refractivity contribution in [3.8, 4) is 0 Å². The highest BCUT2D eigenvalue weighted by atomic mass is 32.2. The molecule has 2 atom stereocenters. The first-order valence-electron chi connectivity index (χ1n) is 6.86. The molecule has 16 heavy (non-hydrogen) atoms. The van der Waals surface area contributed by atoms with Crippen molar-refractivity contribution in [1.29, 1.82) is 0 Å². The summed E-state index contributed by atoms with van der Waals surface area (Å²) in [4.78, 5) is 2.75. The molecule has 0 amide bonds. The van der Waals surface area contributed by atoms with Gasteiger partial charge in [0.2, 0.25) is 0 Å². The number of nitrogens with one attached hydrogen (secondary N) is 1. The molecule has 2 fully saturated rings. The predicted octanol–water partition coefficient (Wildman–Crippen LogP) is 2.34. The maximum atomic E-state index is 3.41. The summed E-state index contributed by atoms with van der Waals surface area (Å²) in [6, 6.07) is 1.68. The van der Waals surface area contributed by atoms with Crippen LogP contribution in [0.15, 0.2) is 0 Å². The highest BCUT2D eigenvalue weighted by Crippen LogP contribution is 2.33. The monoisotopic (exact) mass is 242 g/mol. The van der Waals surface area contributed by atoms with E-state index in [2.05, 4.69) is 35.9 Å².